The summed E-state index contributed by atoms with van der Waals surface area (Å²) in [5.41, 5.74) is 5.19. The van der Waals surface area contributed by atoms with E-state index in [2.05, 4.69) is 19.4 Å². The Morgan fingerprint density at radius 2 is 1.68 bits per heavy atom. The number of benzene rings is 4. The van der Waals surface area contributed by atoms with E-state index in [9.17, 15) is 22.8 Å². The number of hydrogen-bond acceptors (Lipinski definition) is 6. The number of carbonyl (C=O) groups is 2. The highest BCUT2D eigenvalue weighted by atomic mass is 19.4. The van der Waals surface area contributed by atoms with E-state index in [1.807, 2.05) is 44.2 Å². The van der Waals surface area contributed by atoms with Crippen LogP contribution < -0.4 is 14.2 Å². The second-order valence-electron chi connectivity index (χ2n) is 9.01. The van der Waals surface area contributed by atoms with Crippen LogP contribution in [0.4, 0.5) is 18.0 Å². The third kappa shape index (κ3) is 4.89. The van der Waals surface area contributed by atoms with Crippen molar-refractivity contribution in [3.8, 4) is 39.8 Å². The molecule has 0 aliphatic rings. The normalized spacial score (nSPS) is 11.6. The molecule has 0 saturated carbocycles. The molecule has 40 heavy (non-hydrogen) atoms. The number of nitrogens with one attached hydrogen (secondary N) is 1. The van der Waals surface area contributed by atoms with Gasteiger partial charge >= 0.3 is 18.3 Å². The molecule has 0 atom stereocenters. The van der Waals surface area contributed by atoms with Gasteiger partial charge in [0.25, 0.3) is 0 Å². The fraction of sp³-hybridized carbons (Fsp3) is 0.138. The van der Waals surface area contributed by atoms with Crippen LogP contribution in [-0.4, -0.2) is 40.5 Å². The molecule has 0 aliphatic carbocycles. The number of imidazole rings is 1. The van der Waals surface area contributed by atoms with Crippen LogP contribution >= 0.6 is 0 Å². The molecule has 0 unspecified atom stereocenters. The minimum atomic E-state index is -5.29. The van der Waals surface area contributed by atoms with Crippen molar-refractivity contribution in [2.24, 2.45) is 0 Å². The number of aromatic nitrogens is 2. The van der Waals surface area contributed by atoms with Crippen LogP contribution in [0.1, 0.15) is 11.1 Å². The van der Waals surface area contributed by atoms with Gasteiger partial charge in [-0.3, -0.25) is 0 Å². The number of esters is 1. The lowest BCUT2D eigenvalue weighted by molar-refractivity contribution is -0.189. The number of rotatable bonds is 5. The summed E-state index contributed by atoms with van der Waals surface area (Å²) in [6.07, 6.45) is -6.98. The zero-order chi connectivity index (χ0) is 28.8. The number of H-pyrrole nitrogens is 1. The highest BCUT2D eigenvalue weighted by Gasteiger charge is 2.42. The Bertz CT molecular complexity index is 1810. The fourth-order valence-corrected chi connectivity index (χ4v) is 4.47. The number of methoxy groups -OCH3 is 1. The second kappa shape index (κ2) is 9.92. The molecule has 1 heterocycles. The predicted molar refractivity (Wildman–Crippen MR) is 141 cm³/mol. The van der Waals surface area contributed by atoms with Gasteiger partial charge in [-0.05, 0) is 54.1 Å². The summed E-state index contributed by atoms with van der Waals surface area (Å²) < 4.78 is 54.2. The molecule has 0 saturated heterocycles. The van der Waals surface area contributed by atoms with E-state index in [1.165, 1.54) is 19.2 Å². The van der Waals surface area contributed by atoms with E-state index < -0.39 is 24.1 Å². The summed E-state index contributed by atoms with van der Waals surface area (Å²) in [7, 11) is 1.53. The van der Waals surface area contributed by atoms with Crippen LogP contribution in [0.25, 0.3) is 44.3 Å². The SMILES string of the molecule is COc1c(-c2ccc(C)c(C)c2)cccc1-c1nc2c(ccc3cc(OC(=O)O)cc(OC(=O)C(F)(F)F)c32)[nH]1. The average molecular weight is 550 g/mol. The second-order valence-corrected chi connectivity index (χ2v) is 9.01. The van der Waals surface area contributed by atoms with E-state index in [0.717, 1.165) is 28.3 Å². The molecule has 1 aromatic heterocycles. The van der Waals surface area contributed by atoms with Crippen LogP contribution in [0.15, 0.2) is 60.7 Å². The smallest absolute Gasteiger partial charge is 0.495 e. The summed E-state index contributed by atoms with van der Waals surface area (Å²) >= 11 is 0. The molecule has 0 spiro atoms. The van der Waals surface area contributed by atoms with Crippen LogP contribution in [0, 0.1) is 13.8 Å². The number of fused-ring (bicyclic) bond motifs is 3. The van der Waals surface area contributed by atoms with Crippen molar-refractivity contribution in [3.05, 3.63) is 71.8 Å². The van der Waals surface area contributed by atoms with Gasteiger partial charge in [-0.1, -0.05) is 36.4 Å². The highest BCUT2D eigenvalue weighted by molar-refractivity contribution is 6.10. The Balaban J connectivity index is 1.71. The molecule has 5 rings (SSSR count). The molecule has 8 nitrogen and oxygen atoms in total. The third-order valence-corrected chi connectivity index (χ3v) is 6.44. The Morgan fingerprint density at radius 3 is 2.35 bits per heavy atom. The van der Waals surface area contributed by atoms with Gasteiger partial charge in [0.05, 0.1) is 23.6 Å². The number of carboxylic acid groups (broad SMARTS) is 1. The number of hydrogen-bond donors (Lipinski definition) is 2. The van der Waals surface area contributed by atoms with E-state index >= 15 is 0 Å². The van der Waals surface area contributed by atoms with Crippen LogP contribution in [0.2, 0.25) is 0 Å². The minimum Gasteiger partial charge on any atom is -0.495 e. The zero-order valence-corrected chi connectivity index (χ0v) is 21.3. The number of para-hydroxylation sites is 1. The Hall–Kier alpha value is -5.06. The van der Waals surface area contributed by atoms with Crippen molar-refractivity contribution in [1.82, 2.24) is 9.97 Å². The van der Waals surface area contributed by atoms with Gasteiger partial charge in [-0.25, -0.2) is 14.6 Å². The van der Waals surface area contributed by atoms with Crippen molar-refractivity contribution < 1.29 is 42.1 Å². The van der Waals surface area contributed by atoms with Gasteiger partial charge in [-0.15, -0.1) is 0 Å². The molecule has 204 valence electrons. The Labute approximate surface area is 224 Å². The Kier molecular flexibility index (Phi) is 6.58. The molecule has 11 heteroatoms. The van der Waals surface area contributed by atoms with E-state index in [-0.39, 0.29) is 22.0 Å². The first-order chi connectivity index (χ1) is 19.0. The van der Waals surface area contributed by atoms with Crippen LogP contribution in [0.3, 0.4) is 0 Å². The van der Waals surface area contributed by atoms with Crippen LogP contribution in [0.5, 0.6) is 17.2 Å². The van der Waals surface area contributed by atoms with Crippen molar-refractivity contribution in [1.29, 1.82) is 0 Å². The zero-order valence-electron chi connectivity index (χ0n) is 21.3. The van der Waals surface area contributed by atoms with Gasteiger partial charge in [0.15, 0.2) is 0 Å². The molecule has 0 aliphatic heterocycles. The van der Waals surface area contributed by atoms with Gasteiger partial charge in [-0.2, -0.15) is 13.2 Å². The van der Waals surface area contributed by atoms with Gasteiger partial charge in [0, 0.05) is 11.6 Å². The molecule has 5 aromatic rings. The lowest BCUT2D eigenvalue weighted by Gasteiger charge is -2.13. The number of alkyl halides is 3. The summed E-state index contributed by atoms with van der Waals surface area (Å²) in [6.45, 7) is 4.03. The summed E-state index contributed by atoms with van der Waals surface area (Å²) in [5.74, 6) is -2.49. The van der Waals surface area contributed by atoms with Crippen molar-refractivity contribution in [2.45, 2.75) is 20.0 Å². The molecule has 0 bridgehead atoms. The number of aryl methyl sites for hydroxylation is 2. The topological polar surface area (TPSA) is 111 Å². The highest BCUT2D eigenvalue weighted by Crippen LogP contribution is 2.41. The van der Waals surface area contributed by atoms with E-state index in [0.29, 0.717) is 22.7 Å². The molecule has 0 fully saturated rings. The van der Waals surface area contributed by atoms with Crippen LogP contribution in [-0.2, 0) is 4.79 Å². The van der Waals surface area contributed by atoms with E-state index in [1.54, 1.807) is 12.1 Å². The molecule has 0 amide bonds. The maximum absolute atomic E-state index is 13.1. The van der Waals surface area contributed by atoms with Crippen molar-refractivity contribution >= 4 is 33.9 Å². The number of carbonyl (C=O) groups excluding carboxylic acids is 1. The number of aromatic amines is 1. The Morgan fingerprint density at radius 1 is 0.925 bits per heavy atom. The standard InChI is InChI=1S/C29H21F3N2O6/c1-14-7-8-16(11-15(14)2)19-5-4-6-20(25(19)38-3)26-33-21-10-9-17-12-18(39-28(36)37)13-22(23(17)24(21)34-26)40-27(35)29(30,31)32/h4-13H,1-3H3,(H,33,34)(H,36,37). The van der Waals surface area contributed by atoms with E-state index in [4.69, 9.17) is 9.84 Å². The molecular formula is C29H21F3N2O6. The largest absolute Gasteiger partial charge is 0.511 e. The maximum Gasteiger partial charge on any atom is 0.511 e. The van der Waals surface area contributed by atoms with Gasteiger partial charge in [0.1, 0.15) is 28.6 Å². The quantitative estimate of drug-likeness (QED) is 0.135. The van der Waals surface area contributed by atoms with Crippen molar-refractivity contribution in [3.63, 3.8) is 0 Å². The number of halogens is 3. The minimum absolute atomic E-state index is 0.0552. The van der Waals surface area contributed by atoms with Crippen molar-refractivity contribution in [2.75, 3.05) is 7.11 Å². The molecular weight excluding hydrogens is 529 g/mol. The first-order valence-electron chi connectivity index (χ1n) is 11.9. The monoisotopic (exact) mass is 550 g/mol. The number of nitrogens with zero attached hydrogens (tertiary/aromatic N) is 1. The first kappa shape index (κ1) is 26.5. The number of ether oxygens (including phenoxy) is 3. The lowest BCUT2D eigenvalue weighted by atomic mass is 9.97. The summed E-state index contributed by atoms with van der Waals surface area (Å²) in [6, 6.07) is 16.9. The van der Waals surface area contributed by atoms with Gasteiger partial charge < -0.3 is 24.3 Å². The molecule has 4 aromatic carbocycles. The molecule has 2 N–H and O–H groups in total. The molecule has 0 radical (unpaired) electrons. The predicted octanol–water partition coefficient (Wildman–Crippen LogP) is 7.20. The maximum atomic E-state index is 13.1. The summed E-state index contributed by atoms with van der Waals surface area (Å²) in [4.78, 5) is 30.6. The third-order valence-electron chi connectivity index (χ3n) is 6.44. The van der Waals surface area contributed by atoms with Gasteiger partial charge in [0.2, 0.25) is 0 Å². The fourth-order valence-electron chi connectivity index (χ4n) is 4.47. The summed E-state index contributed by atoms with van der Waals surface area (Å²) in [5, 5.41) is 9.28. The lowest BCUT2D eigenvalue weighted by Crippen LogP contribution is -2.28. The average Bonchev–Trinajstić information content (AvgIpc) is 3.33. The first-order valence-corrected chi connectivity index (χ1v) is 11.9.